The third-order valence-electron chi connectivity index (χ3n) is 3.75. The summed E-state index contributed by atoms with van der Waals surface area (Å²) in [5, 5.41) is 9.09. The number of hydrogen-bond donors (Lipinski definition) is 1. The topological polar surface area (TPSA) is 66.8 Å². The van der Waals surface area contributed by atoms with Gasteiger partial charge in [0.15, 0.2) is 0 Å². The minimum absolute atomic E-state index is 0.0207. The van der Waals surface area contributed by atoms with Crippen LogP contribution in [0.3, 0.4) is 0 Å². The van der Waals surface area contributed by atoms with E-state index in [1.807, 2.05) is 38.1 Å². The molecule has 1 N–H and O–H groups in total. The molecular formula is C17H23NO4. The van der Waals surface area contributed by atoms with Gasteiger partial charge in [0.2, 0.25) is 5.91 Å². The number of ether oxygens (including phenoxy) is 1. The van der Waals surface area contributed by atoms with Crippen LogP contribution in [0, 0.1) is 5.92 Å². The molecule has 1 aliphatic rings. The van der Waals surface area contributed by atoms with Gasteiger partial charge in [-0.25, -0.2) is 0 Å². The van der Waals surface area contributed by atoms with E-state index in [0.717, 1.165) is 17.7 Å². The van der Waals surface area contributed by atoms with Gasteiger partial charge in [0.25, 0.3) is 0 Å². The average molecular weight is 305 g/mol. The maximum absolute atomic E-state index is 12.4. The monoisotopic (exact) mass is 305 g/mol. The summed E-state index contributed by atoms with van der Waals surface area (Å²) >= 11 is 0. The molecular weight excluding hydrogens is 282 g/mol. The first-order valence-electron chi connectivity index (χ1n) is 7.72. The van der Waals surface area contributed by atoms with Gasteiger partial charge in [0.1, 0.15) is 5.75 Å². The van der Waals surface area contributed by atoms with Gasteiger partial charge in [-0.05, 0) is 44.4 Å². The maximum Gasteiger partial charge on any atom is 0.308 e. The van der Waals surface area contributed by atoms with Crippen molar-refractivity contribution in [2.24, 2.45) is 5.92 Å². The van der Waals surface area contributed by atoms with Crippen molar-refractivity contribution in [2.75, 3.05) is 13.1 Å². The maximum atomic E-state index is 12.4. The van der Waals surface area contributed by atoms with Gasteiger partial charge < -0.3 is 14.7 Å². The van der Waals surface area contributed by atoms with Crippen LogP contribution in [0.1, 0.15) is 32.3 Å². The van der Waals surface area contributed by atoms with Gasteiger partial charge in [0.05, 0.1) is 18.4 Å². The zero-order chi connectivity index (χ0) is 16.1. The lowest BCUT2D eigenvalue weighted by molar-refractivity contribution is -0.145. The smallest absolute Gasteiger partial charge is 0.308 e. The SMILES string of the molecule is CC(C)Oc1cccc(CC(=O)N2CCC[C@@H](C(=O)O)C2)c1. The van der Waals surface area contributed by atoms with Crippen LogP contribution in [0.4, 0.5) is 0 Å². The van der Waals surface area contributed by atoms with Gasteiger partial charge in [-0.3, -0.25) is 9.59 Å². The number of carboxylic acids is 1. The van der Waals surface area contributed by atoms with E-state index < -0.39 is 11.9 Å². The standard InChI is InChI=1S/C17H23NO4/c1-12(2)22-15-7-3-5-13(9-15)10-16(19)18-8-4-6-14(11-18)17(20)21/h3,5,7,9,12,14H,4,6,8,10-11H2,1-2H3,(H,20,21)/t14-/m1/s1. The van der Waals surface area contributed by atoms with Crippen molar-refractivity contribution >= 4 is 11.9 Å². The molecule has 0 spiro atoms. The molecule has 120 valence electrons. The summed E-state index contributed by atoms with van der Waals surface area (Å²) in [5.41, 5.74) is 0.889. The van der Waals surface area contributed by atoms with Crippen molar-refractivity contribution in [3.8, 4) is 5.75 Å². The Morgan fingerprint density at radius 3 is 2.86 bits per heavy atom. The predicted octanol–water partition coefficient (Wildman–Crippen LogP) is 2.34. The molecule has 22 heavy (non-hydrogen) atoms. The number of carboxylic acid groups (broad SMARTS) is 1. The molecule has 1 fully saturated rings. The van der Waals surface area contributed by atoms with Crippen molar-refractivity contribution in [3.63, 3.8) is 0 Å². The van der Waals surface area contributed by atoms with Crippen LogP contribution in [-0.4, -0.2) is 41.1 Å². The van der Waals surface area contributed by atoms with E-state index in [1.54, 1.807) is 4.90 Å². The number of piperidine rings is 1. The lowest BCUT2D eigenvalue weighted by Gasteiger charge is -2.30. The Morgan fingerprint density at radius 2 is 2.18 bits per heavy atom. The zero-order valence-electron chi connectivity index (χ0n) is 13.1. The van der Waals surface area contributed by atoms with Crippen LogP contribution >= 0.6 is 0 Å². The molecule has 1 heterocycles. The molecule has 0 aliphatic carbocycles. The highest BCUT2D eigenvalue weighted by Crippen LogP contribution is 2.19. The van der Waals surface area contributed by atoms with Crippen LogP contribution in [0.25, 0.3) is 0 Å². The van der Waals surface area contributed by atoms with Crippen LogP contribution in [0.15, 0.2) is 24.3 Å². The Bertz CT molecular complexity index is 541. The zero-order valence-corrected chi connectivity index (χ0v) is 13.1. The highest BCUT2D eigenvalue weighted by molar-refractivity contribution is 5.80. The summed E-state index contributed by atoms with van der Waals surface area (Å²) in [6, 6.07) is 7.51. The number of hydrogen-bond acceptors (Lipinski definition) is 3. The van der Waals surface area contributed by atoms with E-state index in [-0.39, 0.29) is 18.4 Å². The molecule has 1 saturated heterocycles. The fourth-order valence-corrected chi connectivity index (χ4v) is 2.69. The molecule has 0 unspecified atom stereocenters. The van der Waals surface area contributed by atoms with E-state index >= 15 is 0 Å². The van der Waals surface area contributed by atoms with E-state index in [0.29, 0.717) is 19.5 Å². The summed E-state index contributed by atoms with van der Waals surface area (Å²) in [7, 11) is 0. The largest absolute Gasteiger partial charge is 0.491 e. The van der Waals surface area contributed by atoms with Crippen LogP contribution in [-0.2, 0) is 16.0 Å². The molecule has 1 aliphatic heterocycles. The summed E-state index contributed by atoms with van der Waals surface area (Å²) in [6.45, 7) is 4.87. The first-order chi connectivity index (χ1) is 10.5. The summed E-state index contributed by atoms with van der Waals surface area (Å²) < 4.78 is 5.63. The number of carbonyl (C=O) groups excluding carboxylic acids is 1. The average Bonchev–Trinajstić information content (AvgIpc) is 2.47. The van der Waals surface area contributed by atoms with Gasteiger partial charge in [-0.1, -0.05) is 12.1 Å². The van der Waals surface area contributed by atoms with Crippen LogP contribution in [0.2, 0.25) is 0 Å². The minimum atomic E-state index is -0.815. The molecule has 2 rings (SSSR count). The van der Waals surface area contributed by atoms with E-state index in [9.17, 15) is 9.59 Å². The Labute approximate surface area is 130 Å². The summed E-state index contributed by atoms with van der Waals surface area (Å²) in [6.07, 6.45) is 1.77. The molecule has 5 heteroatoms. The normalized spacial score (nSPS) is 18.3. The lowest BCUT2D eigenvalue weighted by atomic mass is 9.97. The van der Waals surface area contributed by atoms with Crippen LogP contribution < -0.4 is 4.74 Å². The van der Waals surface area contributed by atoms with E-state index in [2.05, 4.69) is 0 Å². The predicted molar refractivity (Wildman–Crippen MR) is 82.8 cm³/mol. The minimum Gasteiger partial charge on any atom is -0.491 e. The Hall–Kier alpha value is -2.04. The van der Waals surface area contributed by atoms with Crippen molar-refractivity contribution in [1.82, 2.24) is 4.90 Å². The van der Waals surface area contributed by atoms with Gasteiger partial charge >= 0.3 is 5.97 Å². The number of benzene rings is 1. The highest BCUT2D eigenvalue weighted by Gasteiger charge is 2.27. The first-order valence-corrected chi connectivity index (χ1v) is 7.72. The van der Waals surface area contributed by atoms with E-state index in [1.165, 1.54) is 0 Å². The number of nitrogens with zero attached hydrogens (tertiary/aromatic N) is 1. The molecule has 5 nitrogen and oxygen atoms in total. The quantitative estimate of drug-likeness (QED) is 0.906. The lowest BCUT2D eigenvalue weighted by Crippen LogP contribution is -2.42. The molecule has 0 aromatic heterocycles. The number of rotatable bonds is 5. The third kappa shape index (κ3) is 4.48. The Morgan fingerprint density at radius 1 is 1.41 bits per heavy atom. The first kappa shape index (κ1) is 16.3. The third-order valence-corrected chi connectivity index (χ3v) is 3.75. The molecule has 0 saturated carbocycles. The number of amides is 1. The van der Waals surface area contributed by atoms with Gasteiger partial charge in [-0.15, -0.1) is 0 Å². The molecule has 1 aromatic carbocycles. The summed E-state index contributed by atoms with van der Waals surface area (Å²) in [4.78, 5) is 25.1. The molecule has 0 bridgehead atoms. The van der Waals surface area contributed by atoms with Gasteiger partial charge in [0, 0.05) is 13.1 Å². The number of likely N-dealkylation sites (tertiary alicyclic amines) is 1. The molecule has 1 amide bonds. The number of aliphatic carboxylic acids is 1. The highest BCUT2D eigenvalue weighted by atomic mass is 16.5. The molecule has 1 atom stereocenters. The summed E-state index contributed by atoms with van der Waals surface area (Å²) in [5.74, 6) is -0.520. The fourth-order valence-electron chi connectivity index (χ4n) is 2.69. The fraction of sp³-hybridized carbons (Fsp3) is 0.529. The van der Waals surface area contributed by atoms with E-state index in [4.69, 9.17) is 9.84 Å². The van der Waals surface area contributed by atoms with Crippen LogP contribution in [0.5, 0.6) is 5.75 Å². The number of carbonyl (C=O) groups is 2. The van der Waals surface area contributed by atoms with Crippen molar-refractivity contribution in [1.29, 1.82) is 0 Å². The van der Waals surface area contributed by atoms with Crippen molar-refractivity contribution in [2.45, 2.75) is 39.2 Å². The second kappa shape index (κ2) is 7.29. The van der Waals surface area contributed by atoms with Crippen molar-refractivity contribution < 1.29 is 19.4 Å². The molecule has 0 radical (unpaired) electrons. The van der Waals surface area contributed by atoms with Crippen molar-refractivity contribution in [3.05, 3.63) is 29.8 Å². The Balaban J connectivity index is 1.98. The Kier molecular flexibility index (Phi) is 5.41. The molecule has 1 aromatic rings. The second-order valence-corrected chi connectivity index (χ2v) is 6.01. The van der Waals surface area contributed by atoms with Gasteiger partial charge in [-0.2, -0.15) is 0 Å². The second-order valence-electron chi connectivity index (χ2n) is 6.01.